The lowest BCUT2D eigenvalue weighted by atomic mass is 10.2. The van der Waals surface area contributed by atoms with E-state index in [0.717, 1.165) is 12.2 Å². The monoisotopic (exact) mass is 273 g/mol. The Morgan fingerprint density at radius 3 is 2.45 bits per heavy atom. The number of rotatable bonds is 5. The predicted molar refractivity (Wildman–Crippen MR) is 78.4 cm³/mol. The van der Waals surface area contributed by atoms with Crippen LogP contribution < -0.4 is 11.1 Å². The number of hydrogen-bond acceptors (Lipinski definition) is 4. The van der Waals surface area contributed by atoms with Crippen LogP contribution in [0.1, 0.15) is 21.9 Å². The molecule has 2 aromatic rings. The van der Waals surface area contributed by atoms with Crippen LogP contribution in [0, 0.1) is 0 Å². The summed E-state index contributed by atoms with van der Waals surface area (Å²) in [5.74, 6) is 0.587. The molecule has 106 valence electrons. The van der Waals surface area contributed by atoms with E-state index in [2.05, 4.69) is 10.2 Å². The molecule has 1 aromatic heterocycles. The van der Waals surface area contributed by atoms with Crippen molar-refractivity contribution in [2.45, 2.75) is 13.1 Å². The van der Waals surface area contributed by atoms with Crippen LogP contribution in [-0.4, -0.2) is 24.9 Å². The van der Waals surface area contributed by atoms with Gasteiger partial charge in [0.15, 0.2) is 5.76 Å². The van der Waals surface area contributed by atoms with Gasteiger partial charge in [-0.2, -0.15) is 0 Å². The van der Waals surface area contributed by atoms with Crippen molar-refractivity contribution in [2.75, 3.05) is 19.4 Å². The van der Waals surface area contributed by atoms with Crippen molar-refractivity contribution in [3.63, 3.8) is 0 Å². The van der Waals surface area contributed by atoms with Gasteiger partial charge in [-0.05, 0) is 43.9 Å². The summed E-state index contributed by atoms with van der Waals surface area (Å²) in [6, 6.07) is 11.1. The molecule has 0 aliphatic heterocycles. The van der Waals surface area contributed by atoms with E-state index < -0.39 is 0 Å². The number of carbonyl (C=O) groups is 1. The quantitative estimate of drug-likeness (QED) is 0.874. The second-order valence-electron chi connectivity index (χ2n) is 4.86. The molecule has 0 spiro atoms. The third-order valence-electron chi connectivity index (χ3n) is 2.80. The maximum absolute atomic E-state index is 12.0. The summed E-state index contributed by atoms with van der Waals surface area (Å²) in [4.78, 5) is 14.0. The first-order chi connectivity index (χ1) is 9.58. The Morgan fingerprint density at radius 2 is 1.90 bits per heavy atom. The lowest BCUT2D eigenvalue weighted by molar-refractivity contribution is 0.0995. The van der Waals surface area contributed by atoms with Crippen LogP contribution in [0.25, 0.3) is 0 Å². The SMILES string of the molecule is CN(C)Cc1ccc(NC(=O)c2ccc(CN)o2)cc1. The molecular formula is C15H19N3O2. The maximum Gasteiger partial charge on any atom is 0.291 e. The molecule has 5 heteroatoms. The molecule has 0 saturated carbocycles. The first-order valence-electron chi connectivity index (χ1n) is 6.42. The van der Waals surface area contributed by atoms with Gasteiger partial charge in [0, 0.05) is 12.2 Å². The van der Waals surface area contributed by atoms with E-state index >= 15 is 0 Å². The first-order valence-corrected chi connectivity index (χ1v) is 6.42. The van der Waals surface area contributed by atoms with Gasteiger partial charge in [0.1, 0.15) is 5.76 Å². The third kappa shape index (κ3) is 3.69. The van der Waals surface area contributed by atoms with Crippen molar-refractivity contribution in [3.8, 4) is 0 Å². The molecule has 0 unspecified atom stereocenters. The van der Waals surface area contributed by atoms with Crippen LogP contribution in [-0.2, 0) is 13.1 Å². The van der Waals surface area contributed by atoms with Crippen molar-refractivity contribution in [1.82, 2.24) is 4.90 Å². The minimum absolute atomic E-state index is 0.266. The molecule has 3 N–H and O–H groups in total. The zero-order valence-corrected chi connectivity index (χ0v) is 11.7. The molecule has 0 aliphatic carbocycles. The number of hydrogen-bond donors (Lipinski definition) is 2. The molecule has 2 rings (SSSR count). The van der Waals surface area contributed by atoms with Crippen LogP contribution in [0.15, 0.2) is 40.8 Å². The van der Waals surface area contributed by atoms with Crippen LogP contribution in [0.2, 0.25) is 0 Å². The first kappa shape index (κ1) is 14.3. The molecule has 0 saturated heterocycles. The summed E-state index contributed by atoms with van der Waals surface area (Å²) in [6.45, 7) is 1.15. The van der Waals surface area contributed by atoms with Gasteiger partial charge in [0.2, 0.25) is 0 Å². The molecule has 0 atom stereocenters. The topological polar surface area (TPSA) is 71.5 Å². The van der Waals surface area contributed by atoms with Crippen molar-refractivity contribution >= 4 is 11.6 Å². The number of amides is 1. The minimum Gasteiger partial charge on any atom is -0.455 e. The summed E-state index contributed by atoms with van der Waals surface area (Å²) < 4.78 is 5.30. The minimum atomic E-state index is -0.273. The van der Waals surface area contributed by atoms with Crippen molar-refractivity contribution in [3.05, 3.63) is 53.5 Å². The maximum atomic E-state index is 12.0. The van der Waals surface area contributed by atoms with E-state index in [1.165, 1.54) is 5.56 Å². The third-order valence-corrected chi connectivity index (χ3v) is 2.80. The highest BCUT2D eigenvalue weighted by atomic mass is 16.4. The molecule has 1 heterocycles. The number of nitrogens with two attached hydrogens (primary N) is 1. The lowest BCUT2D eigenvalue weighted by Gasteiger charge is -2.10. The van der Waals surface area contributed by atoms with Crippen molar-refractivity contribution in [1.29, 1.82) is 0 Å². The van der Waals surface area contributed by atoms with Gasteiger partial charge < -0.3 is 20.4 Å². The number of benzene rings is 1. The molecular weight excluding hydrogens is 254 g/mol. The molecule has 1 aromatic carbocycles. The Hall–Kier alpha value is -2.11. The van der Waals surface area contributed by atoms with Crippen LogP contribution in [0.5, 0.6) is 0 Å². The zero-order valence-electron chi connectivity index (χ0n) is 11.7. The van der Waals surface area contributed by atoms with Gasteiger partial charge >= 0.3 is 0 Å². The van der Waals surface area contributed by atoms with Gasteiger partial charge in [-0.3, -0.25) is 4.79 Å². The van der Waals surface area contributed by atoms with E-state index in [4.69, 9.17) is 10.2 Å². The van der Waals surface area contributed by atoms with Crippen LogP contribution in [0.3, 0.4) is 0 Å². The molecule has 0 bridgehead atoms. The van der Waals surface area contributed by atoms with E-state index in [9.17, 15) is 4.79 Å². The average Bonchev–Trinajstić information content (AvgIpc) is 2.89. The number of carbonyl (C=O) groups excluding carboxylic acids is 1. The molecule has 0 radical (unpaired) electrons. The summed E-state index contributed by atoms with van der Waals surface area (Å²) in [7, 11) is 4.03. The Kier molecular flexibility index (Phi) is 4.55. The van der Waals surface area contributed by atoms with Gasteiger partial charge in [0.25, 0.3) is 5.91 Å². The fourth-order valence-corrected chi connectivity index (χ4v) is 1.86. The number of anilines is 1. The highest BCUT2D eigenvalue weighted by Crippen LogP contribution is 2.13. The summed E-state index contributed by atoms with van der Waals surface area (Å²) in [5, 5.41) is 2.79. The molecule has 0 fully saturated rings. The smallest absolute Gasteiger partial charge is 0.291 e. The van der Waals surface area contributed by atoms with Gasteiger partial charge in [-0.25, -0.2) is 0 Å². The Bertz CT molecular complexity index is 573. The average molecular weight is 273 g/mol. The summed E-state index contributed by atoms with van der Waals surface area (Å²) in [5.41, 5.74) is 7.37. The van der Waals surface area contributed by atoms with Crippen LogP contribution >= 0.6 is 0 Å². The largest absolute Gasteiger partial charge is 0.455 e. The fourth-order valence-electron chi connectivity index (χ4n) is 1.86. The number of nitrogens with zero attached hydrogens (tertiary/aromatic N) is 1. The van der Waals surface area contributed by atoms with Crippen molar-refractivity contribution in [2.24, 2.45) is 5.73 Å². The van der Waals surface area contributed by atoms with E-state index in [1.54, 1.807) is 12.1 Å². The number of furan rings is 1. The normalized spacial score (nSPS) is 10.8. The summed E-state index contributed by atoms with van der Waals surface area (Å²) >= 11 is 0. The van der Waals surface area contributed by atoms with Crippen molar-refractivity contribution < 1.29 is 9.21 Å². The van der Waals surface area contributed by atoms with E-state index in [0.29, 0.717) is 5.76 Å². The zero-order chi connectivity index (χ0) is 14.5. The van der Waals surface area contributed by atoms with Gasteiger partial charge in [0.05, 0.1) is 6.54 Å². The molecule has 1 amide bonds. The Morgan fingerprint density at radius 1 is 1.20 bits per heavy atom. The van der Waals surface area contributed by atoms with Crippen LogP contribution in [0.4, 0.5) is 5.69 Å². The molecule has 0 aliphatic rings. The van der Waals surface area contributed by atoms with E-state index in [1.807, 2.05) is 38.4 Å². The van der Waals surface area contributed by atoms with Gasteiger partial charge in [-0.1, -0.05) is 12.1 Å². The lowest BCUT2D eigenvalue weighted by Crippen LogP contribution is -2.12. The predicted octanol–water partition coefficient (Wildman–Crippen LogP) is 2.05. The van der Waals surface area contributed by atoms with Gasteiger partial charge in [-0.15, -0.1) is 0 Å². The fraction of sp³-hybridized carbons (Fsp3) is 0.267. The highest BCUT2D eigenvalue weighted by Gasteiger charge is 2.10. The summed E-state index contributed by atoms with van der Waals surface area (Å²) in [6.07, 6.45) is 0. The Labute approximate surface area is 118 Å². The Balaban J connectivity index is 2.00. The highest BCUT2D eigenvalue weighted by molar-refractivity contribution is 6.02. The standard InChI is InChI=1S/C15H19N3O2/c1-18(2)10-11-3-5-12(6-4-11)17-15(19)14-8-7-13(9-16)20-14/h3-8H,9-10,16H2,1-2H3,(H,17,19). The number of nitrogens with one attached hydrogen (secondary N) is 1. The van der Waals surface area contributed by atoms with E-state index in [-0.39, 0.29) is 18.2 Å². The second-order valence-corrected chi connectivity index (χ2v) is 4.86. The second kappa shape index (κ2) is 6.36. The molecule has 20 heavy (non-hydrogen) atoms. The molecule has 5 nitrogen and oxygen atoms in total.